The average molecular weight is 555 g/mol. The molecule has 41 heavy (non-hydrogen) atoms. The summed E-state index contributed by atoms with van der Waals surface area (Å²) >= 11 is 0. The number of benzene rings is 2. The Hall–Kier alpha value is -4.74. The van der Waals surface area contributed by atoms with Gasteiger partial charge in [-0.3, -0.25) is 4.79 Å². The molecule has 3 aromatic rings. The third kappa shape index (κ3) is 5.63. The fourth-order valence-electron chi connectivity index (χ4n) is 5.60. The van der Waals surface area contributed by atoms with E-state index in [1.807, 2.05) is 4.90 Å². The Morgan fingerprint density at radius 2 is 2.02 bits per heavy atom. The van der Waals surface area contributed by atoms with Crippen molar-refractivity contribution in [2.24, 2.45) is 0 Å². The van der Waals surface area contributed by atoms with Gasteiger partial charge in [0.25, 0.3) is 0 Å². The molecule has 0 bridgehead atoms. The molecule has 0 aliphatic carbocycles. The maximum Gasteiger partial charge on any atom is 0.319 e. The summed E-state index contributed by atoms with van der Waals surface area (Å²) in [6.45, 7) is 6.14. The molecule has 0 radical (unpaired) electrons. The summed E-state index contributed by atoms with van der Waals surface area (Å²) in [7, 11) is 2.06. The summed E-state index contributed by atoms with van der Waals surface area (Å²) in [5.74, 6) is -0.218. The molecule has 2 fully saturated rings. The first-order chi connectivity index (χ1) is 19.8. The maximum absolute atomic E-state index is 14.9. The van der Waals surface area contributed by atoms with Crippen LogP contribution in [-0.2, 0) is 4.79 Å². The van der Waals surface area contributed by atoms with Crippen molar-refractivity contribution < 1.29 is 13.9 Å². The Bertz CT molecular complexity index is 1580. The minimum absolute atomic E-state index is 0.138. The number of carbonyl (C=O) groups is 1. The van der Waals surface area contributed by atoms with Crippen LogP contribution in [0.1, 0.15) is 24.8 Å². The van der Waals surface area contributed by atoms with E-state index in [-0.39, 0.29) is 41.5 Å². The predicted octanol–water partition coefficient (Wildman–Crippen LogP) is 3.48. The van der Waals surface area contributed by atoms with E-state index >= 15 is 0 Å². The van der Waals surface area contributed by atoms with Gasteiger partial charge in [0.1, 0.15) is 18.2 Å². The fraction of sp³-hybridized carbons (Fsp3) is 0.367. The van der Waals surface area contributed by atoms with E-state index in [0.717, 1.165) is 19.4 Å². The van der Waals surface area contributed by atoms with Crippen LogP contribution in [-0.4, -0.2) is 77.6 Å². The molecular weight excluding hydrogens is 523 g/mol. The molecule has 0 saturated carbocycles. The number of hydrogen-bond donors (Lipinski definition) is 1. The van der Waals surface area contributed by atoms with Crippen LogP contribution in [0.5, 0.6) is 6.01 Å². The van der Waals surface area contributed by atoms with E-state index in [9.17, 15) is 19.7 Å². The van der Waals surface area contributed by atoms with Crippen molar-refractivity contribution in [1.29, 1.82) is 10.5 Å². The molecule has 210 valence electrons. The second-order valence-electron chi connectivity index (χ2n) is 10.4. The summed E-state index contributed by atoms with van der Waals surface area (Å²) in [5, 5.41) is 20.1. The molecule has 0 spiro atoms. The number of fused-ring (bicyclic) bond motifs is 1. The Morgan fingerprint density at radius 1 is 1.20 bits per heavy atom. The lowest BCUT2D eigenvalue weighted by molar-refractivity contribution is -0.128. The molecule has 3 heterocycles. The van der Waals surface area contributed by atoms with Crippen LogP contribution in [0.2, 0.25) is 0 Å². The lowest BCUT2D eigenvalue weighted by Gasteiger charge is -2.41. The van der Waals surface area contributed by atoms with Crippen molar-refractivity contribution in [2.45, 2.75) is 31.3 Å². The summed E-state index contributed by atoms with van der Waals surface area (Å²) in [6.07, 6.45) is 3.49. The molecule has 5 rings (SSSR count). The Morgan fingerprint density at radius 3 is 2.73 bits per heavy atom. The van der Waals surface area contributed by atoms with Crippen LogP contribution in [0.25, 0.3) is 22.0 Å². The smallest absolute Gasteiger partial charge is 0.319 e. The number of rotatable bonds is 7. The molecule has 2 N–H and O–H groups in total. The van der Waals surface area contributed by atoms with Gasteiger partial charge in [-0.2, -0.15) is 20.5 Å². The second kappa shape index (κ2) is 11.8. The molecular formula is C30H31FN8O2. The van der Waals surface area contributed by atoms with E-state index in [2.05, 4.69) is 35.6 Å². The number of halogens is 1. The van der Waals surface area contributed by atoms with Crippen molar-refractivity contribution >= 4 is 28.3 Å². The number of nitrogens with two attached hydrogens (primary N) is 1. The number of ether oxygens (including phenoxy) is 1. The van der Waals surface area contributed by atoms with Gasteiger partial charge in [-0.05, 0) is 62.8 Å². The third-order valence-electron chi connectivity index (χ3n) is 7.84. The van der Waals surface area contributed by atoms with Crippen LogP contribution in [0.4, 0.5) is 15.9 Å². The highest BCUT2D eigenvalue weighted by Gasteiger charge is 2.31. The quantitative estimate of drug-likeness (QED) is 0.344. The first-order valence-corrected chi connectivity index (χ1v) is 13.5. The number of likely N-dealkylation sites (tertiary alicyclic amines) is 1. The third-order valence-corrected chi connectivity index (χ3v) is 7.84. The number of nitrogens with zero attached hydrogens (tertiary/aromatic N) is 7. The van der Waals surface area contributed by atoms with Gasteiger partial charge in [-0.15, -0.1) is 0 Å². The lowest BCUT2D eigenvalue weighted by Crippen LogP contribution is -2.55. The Balaban J connectivity index is 1.61. The number of piperazine rings is 1. The summed E-state index contributed by atoms with van der Waals surface area (Å²) < 4.78 is 21.0. The molecule has 2 saturated heterocycles. The van der Waals surface area contributed by atoms with Gasteiger partial charge in [0.2, 0.25) is 5.91 Å². The topological polar surface area (TPSA) is 135 Å². The largest absolute Gasteiger partial charge is 0.462 e. The second-order valence-corrected chi connectivity index (χ2v) is 10.4. The molecule has 2 aromatic carbocycles. The standard InChI is InChI=1S/C30H31FN8O2/c1-3-28(40)39-12-11-38(17-21(39)8-9-32)29-25-13-19(16-33)23(24-14-20(34)6-7-26(24)31)15-27(25)35-30(36-29)41-18-22-5-4-10-37(22)2/h3,6-7,13-15,21-22H,1,4-5,8,10-12,17-18,34H2,2H3/t21-,22-/m0/s1. The first-order valence-electron chi connectivity index (χ1n) is 13.5. The Kier molecular flexibility index (Phi) is 7.99. The van der Waals surface area contributed by atoms with Crippen molar-refractivity contribution in [1.82, 2.24) is 19.8 Å². The highest BCUT2D eigenvalue weighted by Crippen LogP contribution is 2.36. The number of anilines is 2. The number of likely N-dealkylation sites (N-methyl/N-ethyl adjacent to an activating group) is 1. The van der Waals surface area contributed by atoms with Crippen LogP contribution >= 0.6 is 0 Å². The molecule has 10 nitrogen and oxygen atoms in total. The fourth-order valence-corrected chi connectivity index (χ4v) is 5.60. The molecule has 2 atom stereocenters. The van der Waals surface area contributed by atoms with Crippen molar-refractivity contribution in [3.63, 3.8) is 0 Å². The van der Waals surface area contributed by atoms with E-state index in [1.54, 1.807) is 17.0 Å². The molecule has 0 unspecified atom stereocenters. The van der Waals surface area contributed by atoms with Crippen LogP contribution in [0.3, 0.4) is 0 Å². The number of aromatic nitrogens is 2. The van der Waals surface area contributed by atoms with Crippen molar-refractivity contribution in [2.75, 3.05) is 50.5 Å². The van der Waals surface area contributed by atoms with Crippen LogP contribution in [0.15, 0.2) is 43.0 Å². The van der Waals surface area contributed by atoms with Gasteiger partial charge in [-0.1, -0.05) is 6.58 Å². The minimum Gasteiger partial charge on any atom is -0.462 e. The zero-order valence-electron chi connectivity index (χ0n) is 22.9. The SMILES string of the molecule is C=CC(=O)N1CCN(c2nc(OC[C@@H]3CCCN3C)nc3cc(-c4cc(N)ccc4F)c(C#N)cc23)C[C@@H]1CC#N. The van der Waals surface area contributed by atoms with E-state index < -0.39 is 5.82 Å². The first kappa shape index (κ1) is 27.8. The molecule has 2 aliphatic heterocycles. The zero-order chi connectivity index (χ0) is 29.1. The normalized spacial score (nSPS) is 19.1. The summed E-state index contributed by atoms with van der Waals surface area (Å²) in [6, 6.07) is 11.9. The molecule has 1 aromatic heterocycles. The highest BCUT2D eigenvalue weighted by atomic mass is 19.1. The molecule has 2 aliphatic rings. The van der Waals surface area contributed by atoms with Crippen molar-refractivity contribution in [3.05, 3.63) is 54.4 Å². The summed E-state index contributed by atoms with van der Waals surface area (Å²) in [4.78, 5) is 27.8. The maximum atomic E-state index is 14.9. The number of hydrogen-bond acceptors (Lipinski definition) is 9. The van der Waals surface area contributed by atoms with E-state index in [0.29, 0.717) is 54.2 Å². The predicted molar refractivity (Wildman–Crippen MR) is 153 cm³/mol. The number of nitrogen functional groups attached to an aromatic ring is 1. The van der Waals surface area contributed by atoms with Crippen LogP contribution in [0, 0.1) is 28.5 Å². The van der Waals surface area contributed by atoms with Gasteiger partial charge < -0.3 is 25.2 Å². The monoisotopic (exact) mass is 554 g/mol. The van der Waals surface area contributed by atoms with Crippen LogP contribution < -0.4 is 15.4 Å². The summed E-state index contributed by atoms with van der Waals surface area (Å²) in [5.41, 5.74) is 7.58. The number of amides is 1. The van der Waals surface area contributed by atoms with E-state index in [1.165, 1.54) is 24.3 Å². The van der Waals surface area contributed by atoms with Gasteiger partial charge in [-0.25, -0.2) is 4.39 Å². The molecule has 11 heteroatoms. The lowest BCUT2D eigenvalue weighted by atomic mass is 9.97. The van der Waals surface area contributed by atoms with Gasteiger partial charge in [0.15, 0.2) is 0 Å². The Labute approximate surface area is 238 Å². The van der Waals surface area contributed by atoms with Gasteiger partial charge in [0.05, 0.1) is 35.7 Å². The van der Waals surface area contributed by atoms with E-state index in [4.69, 9.17) is 15.5 Å². The highest BCUT2D eigenvalue weighted by molar-refractivity contribution is 5.95. The molecule has 1 amide bonds. The number of nitriles is 2. The average Bonchev–Trinajstić information content (AvgIpc) is 3.40. The van der Waals surface area contributed by atoms with Gasteiger partial charge >= 0.3 is 6.01 Å². The van der Waals surface area contributed by atoms with Crippen molar-refractivity contribution in [3.8, 4) is 29.3 Å². The van der Waals surface area contributed by atoms with Gasteiger partial charge in [0, 0.05) is 47.9 Å². The zero-order valence-corrected chi connectivity index (χ0v) is 22.9. The number of carbonyl (C=O) groups excluding carboxylic acids is 1. The minimum atomic E-state index is -0.507.